The number of aryl methyl sites for hydroxylation is 6. The number of carbonyl (C=O) groups excluding carboxylic acids is 1. The smallest absolute Gasteiger partial charge is 0.354 e. The molecule has 0 spiro atoms. The number of hydrogen-bond acceptors (Lipinski definition) is 6. The van der Waals surface area contributed by atoms with Gasteiger partial charge in [-0.05, 0) is 85.5 Å². The van der Waals surface area contributed by atoms with Gasteiger partial charge >= 0.3 is 5.97 Å². The van der Waals surface area contributed by atoms with Crippen LogP contribution in [-0.2, 0) is 63.1 Å². The van der Waals surface area contributed by atoms with Gasteiger partial charge in [-0.15, -0.1) is 0 Å². The summed E-state index contributed by atoms with van der Waals surface area (Å²) in [6.07, 6.45) is 2.64. The molecule has 6 aromatic rings. The molecule has 11 heteroatoms. The fourth-order valence-electron chi connectivity index (χ4n) is 7.01. The maximum Gasteiger partial charge on any atom is 0.354 e. The Balaban J connectivity index is 1.37. The van der Waals surface area contributed by atoms with Gasteiger partial charge in [0.2, 0.25) is 0 Å². The van der Waals surface area contributed by atoms with Crippen molar-refractivity contribution in [3.05, 3.63) is 99.0 Å². The second kappa shape index (κ2) is 12.7. The zero-order valence-electron chi connectivity index (χ0n) is 27.7. The Morgan fingerprint density at radius 2 is 1.75 bits per heavy atom. The predicted molar refractivity (Wildman–Crippen MR) is 183 cm³/mol. The lowest BCUT2D eigenvalue weighted by atomic mass is 9.98. The molecule has 1 aliphatic heterocycles. The fraction of sp³-hybridized carbons (Fsp3) is 0.324. The zero-order valence-corrected chi connectivity index (χ0v) is 28.4. The summed E-state index contributed by atoms with van der Waals surface area (Å²) in [4.78, 5) is 13.3. The van der Waals surface area contributed by atoms with E-state index in [4.69, 9.17) is 36.0 Å². The summed E-state index contributed by atoms with van der Waals surface area (Å²) in [6, 6.07) is 14.7. The SMILES string of the molecule is COC(=O)c1c2c3ccc(Cl)c(c3n1C)-c1c(nn(C)c1C)COCc1cc(n(C)n1)CCc1cc(c3ccc(F)cc3c1)OCCC2. The number of ether oxygens (including phenoxy) is 3. The van der Waals surface area contributed by atoms with E-state index in [0.717, 1.165) is 79.5 Å². The number of nitrogens with zero attached hydrogens (tertiary/aromatic N) is 5. The Morgan fingerprint density at radius 1 is 0.938 bits per heavy atom. The van der Waals surface area contributed by atoms with Crippen LogP contribution >= 0.6 is 11.6 Å². The Bertz CT molecular complexity index is 2220. The summed E-state index contributed by atoms with van der Waals surface area (Å²) in [5.41, 5.74) is 8.38. The zero-order chi connectivity index (χ0) is 33.7. The number of carbonyl (C=O) groups is 1. The summed E-state index contributed by atoms with van der Waals surface area (Å²) in [6.45, 7) is 2.93. The first-order chi connectivity index (χ1) is 23.1. The van der Waals surface area contributed by atoms with Gasteiger partial charge in [-0.2, -0.15) is 10.2 Å². The molecule has 9 nitrogen and oxygen atoms in total. The van der Waals surface area contributed by atoms with Crippen molar-refractivity contribution in [3.63, 3.8) is 0 Å². The van der Waals surface area contributed by atoms with E-state index in [0.29, 0.717) is 42.5 Å². The number of halogens is 2. The van der Waals surface area contributed by atoms with Crippen molar-refractivity contribution in [2.24, 2.45) is 21.1 Å². The largest absolute Gasteiger partial charge is 0.493 e. The van der Waals surface area contributed by atoms with E-state index in [1.165, 1.54) is 13.2 Å². The van der Waals surface area contributed by atoms with E-state index in [1.807, 2.05) is 66.3 Å². The Hall–Kier alpha value is -4.67. The van der Waals surface area contributed by atoms with Crippen LogP contribution in [0.4, 0.5) is 4.39 Å². The van der Waals surface area contributed by atoms with E-state index in [2.05, 4.69) is 6.07 Å². The van der Waals surface area contributed by atoms with E-state index >= 15 is 0 Å². The summed E-state index contributed by atoms with van der Waals surface area (Å²) in [7, 11) is 7.09. The molecule has 248 valence electrons. The van der Waals surface area contributed by atoms with Gasteiger partial charge in [0.25, 0.3) is 0 Å². The number of rotatable bonds is 1. The number of aromatic nitrogens is 5. The first-order valence-corrected chi connectivity index (χ1v) is 16.4. The third kappa shape index (κ3) is 5.62. The van der Waals surface area contributed by atoms with Gasteiger partial charge in [-0.1, -0.05) is 23.7 Å². The molecule has 1 aliphatic rings. The van der Waals surface area contributed by atoms with Crippen molar-refractivity contribution in [3.8, 4) is 16.9 Å². The molecule has 0 N–H and O–H groups in total. The van der Waals surface area contributed by atoms with Crippen LogP contribution in [0.2, 0.25) is 5.02 Å². The van der Waals surface area contributed by atoms with Gasteiger partial charge in [0.05, 0.1) is 48.9 Å². The van der Waals surface area contributed by atoms with Crippen molar-refractivity contribution >= 4 is 39.2 Å². The molecule has 0 amide bonds. The van der Waals surface area contributed by atoms with Crippen LogP contribution in [0, 0.1) is 12.7 Å². The average Bonchev–Trinajstić information content (AvgIpc) is 3.66. The molecule has 3 aromatic heterocycles. The highest BCUT2D eigenvalue weighted by Gasteiger charge is 2.28. The Kier molecular flexibility index (Phi) is 8.47. The third-order valence-corrected chi connectivity index (χ3v) is 9.71. The fourth-order valence-corrected chi connectivity index (χ4v) is 7.26. The van der Waals surface area contributed by atoms with Gasteiger partial charge in [0.1, 0.15) is 17.3 Å². The molecule has 4 heterocycles. The van der Waals surface area contributed by atoms with Gasteiger partial charge in [0.15, 0.2) is 0 Å². The van der Waals surface area contributed by atoms with Crippen LogP contribution in [0.25, 0.3) is 32.8 Å². The van der Waals surface area contributed by atoms with Crippen LogP contribution in [0.5, 0.6) is 5.75 Å². The maximum atomic E-state index is 14.3. The molecule has 0 saturated heterocycles. The lowest BCUT2D eigenvalue weighted by Crippen LogP contribution is -2.11. The lowest BCUT2D eigenvalue weighted by molar-refractivity contribution is 0.0589. The van der Waals surface area contributed by atoms with E-state index in [-0.39, 0.29) is 12.4 Å². The highest BCUT2D eigenvalue weighted by molar-refractivity contribution is 6.35. The molecule has 0 atom stereocenters. The predicted octanol–water partition coefficient (Wildman–Crippen LogP) is 7.18. The second-order valence-electron chi connectivity index (χ2n) is 12.4. The third-order valence-electron chi connectivity index (χ3n) is 9.40. The quantitative estimate of drug-likeness (QED) is 0.173. The number of esters is 1. The highest BCUT2D eigenvalue weighted by Crippen LogP contribution is 2.42. The van der Waals surface area contributed by atoms with Gasteiger partial charge < -0.3 is 18.8 Å². The van der Waals surface area contributed by atoms with Gasteiger partial charge in [-0.3, -0.25) is 9.36 Å². The lowest BCUT2D eigenvalue weighted by Gasteiger charge is -2.13. The van der Waals surface area contributed by atoms with E-state index < -0.39 is 5.97 Å². The number of methoxy groups -OCH3 is 1. The minimum atomic E-state index is -0.428. The van der Waals surface area contributed by atoms with Crippen LogP contribution in [-0.4, -0.2) is 43.8 Å². The molecule has 0 fully saturated rings. The van der Waals surface area contributed by atoms with Gasteiger partial charge in [-0.25, -0.2) is 9.18 Å². The summed E-state index contributed by atoms with van der Waals surface area (Å²) in [5.74, 6) is -0.0204. The standard InChI is InChI=1S/C37H37ClFN5O4/c1-21-33-31(41-43(21)3)20-47-19-25-18-26(44(4)40-25)10-8-22-15-23-17-24(39)9-11-27(23)32(16-22)48-14-6-7-28-29-12-13-30(38)34(33)35(29)42(2)36(28)37(45)46-5/h9,11-13,15-18H,6-8,10,14,19-20H2,1-5H3. The Morgan fingerprint density at radius 3 is 2.56 bits per heavy atom. The van der Waals surface area contributed by atoms with Crippen molar-refractivity contribution in [1.29, 1.82) is 0 Å². The molecule has 0 unspecified atom stereocenters. The summed E-state index contributed by atoms with van der Waals surface area (Å²) < 4.78 is 37.8. The Labute approximate surface area is 282 Å². The second-order valence-corrected chi connectivity index (χ2v) is 12.8. The van der Waals surface area contributed by atoms with Crippen molar-refractivity contribution < 1.29 is 23.4 Å². The van der Waals surface area contributed by atoms with Crippen molar-refractivity contribution in [1.82, 2.24) is 24.1 Å². The molecule has 0 saturated carbocycles. The molecular formula is C37H37ClFN5O4. The number of benzene rings is 3. The van der Waals surface area contributed by atoms with Crippen LogP contribution < -0.4 is 4.74 Å². The molecular weight excluding hydrogens is 633 g/mol. The molecule has 7 rings (SSSR count). The number of fused-ring (bicyclic) bond motifs is 8. The van der Waals surface area contributed by atoms with E-state index in [1.54, 1.807) is 12.1 Å². The van der Waals surface area contributed by atoms with Crippen LogP contribution in [0.15, 0.2) is 48.5 Å². The van der Waals surface area contributed by atoms with Crippen molar-refractivity contribution in [2.75, 3.05) is 13.7 Å². The molecule has 0 aliphatic carbocycles. The monoisotopic (exact) mass is 669 g/mol. The normalized spacial score (nSPS) is 14.1. The first-order valence-electron chi connectivity index (χ1n) is 16.0. The van der Waals surface area contributed by atoms with Crippen LogP contribution in [0.3, 0.4) is 0 Å². The molecule has 0 radical (unpaired) electrons. The number of hydrogen-bond donors (Lipinski definition) is 0. The highest BCUT2D eigenvalue weighted by atomic mass is 35.5. The topological polar surface area (TPSA) is 85.3 Å². The average molecular weight is 670 g/mol. The molecule has 3 aromatic carbocycles. The molecule has 8 bridgehead atoms. The maximum absolute atomic E-state index is 14.3. The minimum absolute atomic E-state index is 0.241. The molecule has 48 heavy (non-hydrogen) atoms. The van der Waals surface area contributed by atoms with Crippen LogP contribution in [0.1, 0.15) is 50.8 Å². The summed E-state index contributed by atoms with van der Waals surface area (Å²) in [5, 5.41) is 12.6. The first kappa shape index (κ1) is 31.9. The van der Waals surface area contributed by atoms with E-state index in [9.17, 15) is 9.18 Å². The minimum Gasteiger partial charge on any atom is -0.493 e. The summed E-state index contributed by atoms with van der Waals surface area (Å²) >= 11 is 7.00. The van der Waals surface area contributed by atoms with Gasteiger partial charge in [0, 0.05) is 54.4 Å². The van der Waals surface area contributed by atoms with Crippen molar-refractivity contribution in [2.45, 2.75) is 45.8 Å².